The number of rotatable bonds is 3. The first-order chi connectivity index (χ1) is 4.94. The van der Waals surface area contributed by atoms with Crippen molar-refractivity contribution in [1.82, 2.24) is 0 Å². The fourth-order valence-electron chi connectivity index (χ4n) is 2.47. The topological polar surface area (TPSA) is 0 Å². The molecule has 0 heterocycles. The number of hydrogen-bond acceptors (Lipinski definition) is 0. The van der Waals surface area contributed by atoms with E-state index >= 15 is 0 Å². The van der Waals surface area contributed by atoms with E-state index in [1.165, 1.54) is 19.3 Å². The van der Waals surface area contributed by atoms with Gasteiger partial charge in [0.15, 0.2) is 0 Å². The molecule has 0 radical (unpaired) electrons. The maximum atomic E-state index is 2.45. The molecule has 0 aromatic carbocycles. The van der Waals surface area contributed by atoms with Crippen LogP contribution in [0.5, 0.6) is 0 Å². The van der Waals surface area contributed by atoms with E-state index in [-0.39, 0.29) is 0 Å². The Bertz CT molecular complexity index is 146. The van der Waals surface area contributed by atoms with Crippen LogP contribution in [0.3, 0.4) is 0 Å². The summed E-state index contributed by atoms with van der Waals surface area (Å²) >= 11 is 0. The lowest BCUT2D eigenvalue weighted by Crippen LogP contribution is -2.14. The van der Waals surface area contributed by atoms with Crippen molar-refractivity contribution in [1.29, 1.82) is 0 Å². The van der Waals surface area contributed by atoms with Crippen LogP contribution in [0, 0.1) is 16.7 Å². The van der Waals surface area contributed by atoms with Crippen molar-refractivity contribution in [3.8, 4) is 0 Å². The highest BCUT2D eigenvalue weighted by Gasteiger charge is 2.59. The Hall–Kier alpha value is 0. The van der Waals surface area contributed by atoms with E-state index in [1.54, 1.807) is 0 Å². The maximum Gasteiger partial charge on any atom is -0.0243 e. The summed E-state index contributed by atoms with van der Waals surface area (Å²) in [6, 6.07) is 0. The minimum Gasteiger partial charge on any atom is -0.0654 e. The van der Waals surface area contributed by atoms with Gasteiger partial charge in [0.25, 0.3) is 0 Å². The SMILES string of the molecule is CCCC(C)C1(C)CC1(C)C. The van der Waals surface area contributed by atoms with Crippen molar-refractivity contribution in [2.75, 3.05) is 0 Å². The third-order valence-electron chi connectivity index (χ3n) is 4.04. The molecule has 0 amide bonds. The van der Waals surface area contributed by atoms with Crippen LogP contribution in [-0.4, -0.2) is 0 Å². The van der Waals surface area contributed by atoms with Gasteiger partial charge < -0.3 is 0 Å². The van der Waals surface area contributed by atoms with E-state index in [2.05, 4.69) is 34.6 Å². The first-order valence-electron chi connectivity index (χ1n) is 4.94. The molecule has 2 atom stereocenters. The summed E-state index contributed by atoms with van der Waals surface area (Å²) in [7, 11) is 0. The standard InChI is InChI=1S/C11H22/c1-6-7-9(2)11(5)8-10(11,3)4/h9H,6-8H2,1-5H3. The summed E-state index contributed by atoms with van der Waals surface area (Å²) in [6.07, 6.45) is 4.17. The highest BCUT2D eigenvalue weighted by atomic mass is 14.6. The van der Waals surface area contributed by atoms with Crippen molar-refractivity contribution in [3.63, 3.8) is 0 Å². The lowest BCUT2D eigenvalue weighted by molar-refractivity contribution is 0.271. The summed E-state index contributed by atoms with van der Waals surface area (Å²) < 4.78 is 0. The quantitative estimate of drug-likeness (QED) is 0.579. The highest BCUT2D eigenvalue weighted by Crippen LogP contribution is 2.67. The second kappa shape index (κ2) is 2.50. The molecule has 1 saturated carbocycles. The molecule has 0 N–H and O–H groups in total. The van der Waals surface area contributed by atoms with E-state index in [4.69, 9.17) is 0 Å². The van der Waals surface area contributed by atoms with Gasteiger partial charge in [-0.3, -0.25) is 0 Å². The maximum absolute atomic E-state index is 2.45. The summed E-state index contributed by atoms with van der Waals surface area (Å²) in [4.78, 5) is 0. The molecule has 0 heteroatoms. The average Bonchev–Trinajstić information content (AvgIpc) is 2.35. The molecule has 0 spiro atoms. The smallest absolute Gasteiger partial charge is 0.0243 e. The van der Waals surface area contributed by atoms with Crippen LogP contribution in [0.4, 0.5) is 0 Å². The minimum atomic E-state index is 0.627. The van der Waals surface area contributed by atoms with Crippen LogP contribution >= 0.6 is 0 Å². The fourth-order valence-corrected chi connectivity index (χ4v) is 2.47. The van der Waals surface area contributed by atoms with Gasteiger partial charge in [0.05, 0.1) is 0 Å². The van der Waals surface area contributed by atoms with Crippen molar-refractivity contribution < 1.29 is 0 Å². The van der Waals surface area contributed by atoms with Crippen LogP contribution in [0.2, 0.25) is 0 Å². The van der Waals surface area contributed by atoms with Crippen molar-refractivity contribution in [3.05, 3.63) is 0 Å². The molecule has 11 heavy (non-hydrogen) atoms. The molecule has 66 valence electrons. The normalized spacial score (nSPS) is 36.8. The fraction of sp³-hybridized carbons (Fsp3) is 1.00. The van der Waals surface area contributed by atoms with Gasteiger partial charge in [0, 0.05) is 0 Å². The monoisotopic (exact) mass is 154 g/mol. The predicted molar refractivity (Wildman–Crippen MR) is 50.6 cm³/mol. The molecular weight excluding hydrogens is 132 g/mol. The molecule has 0 aromatic rings. The van der Waals surface area contributed by atoms with Gasteiger partial charge in [0.1, 0.15) is 0 Å². The molecule has 2 unspecified atom stereocenters. The molecule has 1 rings (SSSR count). The first-order valence-corrected chi connectivity index (χ1v) is 4.94. The van der Waals surface area contributed by atoms with Gasteiger partial charge in [-0.2, -0.15) is 0 Å². The summed E-state index contributed by atoms with van der Waals surface area (Å²) in [5, 5.41) is 0. The molecule has 1 aliphatic carbocycles. The molecule has 0 saturated heterocycles. The van der Waals surface area contributed by atoms with Crippen LogP contribution in [0.1, 0.15) is 53.9 Å². The Labute approximate surface area is 71.4 Å². The zero-order valence-electron chi connectivity index (χ0n) is 8.70. The second-order valence-corrected chi connectivity index (χ2v) is 5.17. The van der Waals surface area contributed by atoms with E-state index in [9.17, 15) is 0 Å². The predicted octanol–water partition coefficient (Wildman–Crippen LogP) is 3.86. The van der Waals surface area contributed by atoms with Crippen molar-refractivity contribution in [2.45, 2.75) is 53.9 Å². The van der Waals surface area contributed by atoms with E-state index < -0.39 is 0 Å². The summed E-state index contributed by atoms with van der Waals surface area (Å²) in [5.74, 6) is 0.919. The van der Waals surface area contributed by atoms with E-state index in [0.717, 1.165) is 5.92 Å². The molecular formula is C11H22. The molecule has 0 bridgehead atoms. The molecule has 0 aromatic heterocycles. The minimum absolute atomic E-state index is 0.627. The van der Waals surface area contributed by atoms with Gasteiger partial charge in [-0.1, -0.05) is 47.5 Å². The van der Waals surface area contributed by atoms with Gasteiger partial charge in [-0.05, 0) is 23.2 Å². The van der Waals surface area contributed by atoms with Crippen LogP contribution in [0.15, 0.2) is 0 Å². The van der Waals surface area contributed by atoms with Gasteiger partial charge in [-0.15, -0.1) is 0 Å². The third kappa shape index (κ3) is 1.32. The zero-order chi connectivity index (χ0) is 8.70. The molecule has 0 nitrogen and oxygen atoms in total. The lowest BCUT2D eigenvalue weighted by atomic mass is 9.83. The Morgan fingerprint density at radius 2 is 1.73 bits per heavy atom. The Kier molecular flexibility index (Phi) is 2.07. The molecule has 0 aliphatic heterocycles. The van der Waals surface area contributed by atoms with Gasteiger partial charge in [-0.25, -0.2) is 0 Å². The van der Waals surface area contributed by atoms with Crippen molar-refractivity contribution in [2.24, 2.45) is 16.7 Å². The second-order valence-electron chi connectivity index (χ2n) is 5.17. The Balaban J connectivity index is 2.49. The lowest BCUT2D eigenvalue weighted by Gasteiger charge is -2.22. The van der Waals surface area contributed by atoms with Gasteiger partial charge in [0.2, 0.25) is 0 Å². The Morgan fingerprint density at radius 1 is 1.27 bits per heavy atom. The van der Waals surface area contributed by atoms with Crippen LogP contribution < -0.4 is 0 Å². The average molecular weight is 154 g/mol. The largest absolute Gasteiger partial charge is 0.0654 e. The zero-order valence-corrected chi connectivity index (χ0v) is 8.70. The summed E-state index contributed by atoms with van der Waals surface area (Å²) in [6.45, 7) is 12.0. The van der Waals surface area contributed by atoms with Gasteiger partial charge >= 0.3 is 0 Å². The van der Waals surface area contributed by atoms with Crippen molar-refractivity contribution >= 4 is 0 Å². The summed E-state index contributed by atoms with van der Waals surface area (Å²) in [5.41, 5.74) is 1.28. The first kappa shape index (κ1) is 9.09. The molecule has 1 aliphatic rings. The highest BCUT2D eigenvalue weighted by molar-refractivity contribution is 5.08. The van der Waals surface area contributed by atoms with E-state index in [0.29, 0.717) is 10.8 Å². The third-order valence-corrected chi connectivity index (χ3v) is 4.04. The Morgan fingerprint density at radius 3 is 2.00 bits per heavy atom. The number of hydrogen-bond donors (Lipinski definition) is 0. The van der Waals surface area contributed by atoms with Crippen LogP contribution in [-0.2, 0) is 0 Å². The van der Waals surface area contributed by atoms with E-state index in [1.807, 2.05) is 0 Å². The van der Waals surface area contributed by atoms with Crippen LogP contribution in [0.25, 0.3) is 0 Å². The molecule has 1 fully saturated rings.